The maximum absolute atomic E-state index is 11.7. The number of ether oxygens (including phenoxy) is 1. The first-order chi connectivity index (χ1) is 8.29. The van der Waals surface area contributed by atoms with E-state index in [-0.39, 0.29) is 11.9 Å². The number of methoxy groups -OCH3 is 1. The molecule has 0 radical (unpaired) electrons. The van der Waals surface area contributed by atoms with E-state index in [9.17, 15) is 4.79 Å². The summed E-state index contributed by atoms with van der Waals surface area (Å²) < 4.78 is 4.80. The molecule has 0 bridgehead atoms. The molecule has 1 atom stereocenters. The molecule has 1 N–H and O–H groups in total. The van der Waals surface area contributed by atoms with Crippen LogP contribution in [0, 0.1) is 12.3 Å². The van der Waals surface area contributed by atoms with Crippen LogP contribution in [-0.4, -0.2) is 26.2 Å². The van der Waals surface area contributed by atoms with Gasteiger partial charge in [-0.2, -0.15) is 0 Å². The van der Waals surface area contributed by atoms with Crippen molar-refractivity contribution >= 4 is 5.97 Å². The predicted octanol–water partition coefficient (Wildman–Crippen LogP) is 1.56. The van der Waals surface area contributed by atoms with E-state index in [1.807, 2.05) is 30.3 Å². The molecule has 17 heavy (non-hydrogen) atoms. The van der Waals surface area contributed by atoms with Gasteiger partial charge in [0.1, 0.15) is 0 Å². The van der Waals surface area contributed by atoms with Crippen molar-refractivity contribution in [2.75, 3.05) is 20.2 Å². The average Bonchev–Trinajstić information content (AvgIpc) is 2.39. The molecule has 0 aromatic heterocycles. The van der Waals surface area contributed by atoms with E-state index < -0.39 is 0 Å². The molecule has 3 nitrogen and oxygen atoms in total. The summed E-state index contributed by atoms with van der Waals surface area (Å²) >= 11 is 0. The predicted molar refractivity (Wildman–Crippen MR) is 67.5 cm³/mol. The van der Waals surface area contributed by atoms with Gasteiger partial charge < -0.3 is 10.1 Å². The van der Waals surface area contributed by atoms with E-state index in [1.54, 1.807) is 0 Å². The molecule has 0 aliphatic heterocycles. The molecule has 0 aliphatic carbocycles. The topological polar surface area (TPSA) is 38.3 Å². The Labute approximate surface area is 102 Å². The van der Waals surface area contributed by atoms with E-state index in [2.05, 4.69) is 11.2 Å². The lowest BCUT2D eigenvalue weighted by Gasteiger charge is -2.15. The quantitative estimate of drug-likeness (QED) is 0.458. The van der Waals surface area contributed by atoms with Crippen LogP contribution in [0.2, 0.25) is 0 Å². The van der Waals surface area contributed by atoms with Crippen LogP contribution in [0.3, 0.4) is 0 Å². The molecule has 1 rings (SSSR count). The van der Waals surface area contributed by atoms with Gasteiger partial charge in [-0.15, -0.1) is 12.3 Å². The molecule has 0 aliphatic rings. The molecule has 1 aromatic carbocycles. The Kier molecular flexibility index (Phi) is 5.84. The van der Waals surface area contributed by atoms with Crippen LogP contribution < -0.4 is 5.32 Å². The van der Waals surface area contributed by atoms with Gasteiger partial charge in [0.15, 0.2) is 0 Å². The molecular weight excluding hydrogens is 214 g/mol. The summed E-state index contributed by atoms with van der Waals surface area (Å²) in [4.78, 5) is 11.7. The number of esters is 1. The lowest BCUT2D eigenvalue weighted by molar-refractivity contribution is -0.142. The van der Waals surface area contributed by atoms with Gasteiger partial charge in [0, 0.05) is 19.5 Å². The fraction of sp³-hybridized carbons (Fsp3) is 0.357. The van der Waals surface area contributed by atoms with Crippen LogP contribution in [0.4, 0.5) is 0 Å². The Morgan fingerprint density at radius 1 is 1.47 bits per heavy atom. The Hall–Kier alpha value is -1.79. The van der Waals surface area contributed by atoms with Crippen molar-refractivity contribution in [3.8, 4) is 12.3 Å². The first-order valence-corrected chi connectivity index (χ1v) is 5.56. The monoisotopic (exact) mass is 231 g/mol. The maximum Gasteiger partial charge on any atom is 0.314 e. The summed E-state index contributed by atoms with van der Waals surface area (Å²) in [5.41, 5.74) is 0.951. The van der Waals surface area contributed by atoms with Gasteiger partial charge in [0.2, 0.25) is 0 Å². The largest absolute Gasteiger partial charge is 0.469 e. The summed E-state index contributed by atoms with van der Waals surface area (Å²) in [6.45, 7) is 1.25. The Bertz CT molecular complexity index is 381. The Morgan fingerprint density at radius 2 is 2.18 bits per heavy atom. The highest BCUT2D eigenvalue weighted by Gasteiger charge is 2.20. The smallest absolute Gasteiger partial charge is 0.314 e. The molecule has 1 aromatic rings. The first kappa shape index (κ1) is 13.3. The summed E-state index contributed by atoms with van der Waals surface area (Å²) in [5, 5.41) is 3.16. The maximum atomic E-state index is 11.7. The molecule has 3 heteroatoms. The molecule has 0 amide bonds. The van der Waals surface area contributed by atoms with Crippen LogP contribution in [-0.2, 0) is 9.53 Å². The first-order valence-electron chi connectivity index (χ1n) is 5.56. The zero-order chi connectivity index (χ0) is 12.5. The van der Waals surface area contributed by atoms with E-state index in [4.69, 9.17) is 11.2 Å². The minimum atomic E-state index is -0.279. The molecule has 0 fully saturated rings. The summed E-state index contributed by atoms with van der Waals surface area (Å²) in [5.74, 6) is 2.03. The molecule has 0 saturated carbocycles. The number of carbonyl (C=O) groups excluding carboxylic acids is 1. The number of benzene rings is 1. The van der Waals surface area contributed by atoms with E-state index in [0.29, 0.717) is 19.5 Å². The van der Waals surface area contributed by atoms with E-state index in [0.717, 1.165) is 5.56 Å². The number of hydrogen-bond acceptors (Lipinski definition) is 3. The van der Waals surface area contributed by atoms with Gasteiger partial charge in [0.25, 0.3) is 0 Å². The molecular formula is C14H17NO2. The minimum absolute atomic E-state index is 0.232. The fourth-order valence-corrected chi connectivity index (χ4v) is 1.57. The van der Waals surface area contributed by atoms with Crippen molar-refractivity contribution in [1.29, 1.82) is 0 Å². The average molecular weight is 231 g/mol. The summed E-state index contributed by atoms with van der Waals surface area (Å²) in [7, 11) is 1.40. The molecule has 0 spiro atoms. The molecule has 1 unspecified atom stereocenters. The number of rotatable bonds is 6. The summed E-state index contributed by atoms with van der Waals surface area (Å²) in [6.07, 6.45) is 5.82. The highest BCUT2D eigenvalue weighted by molar-refractivity contribution is 5.78. The normalized spacial score (nSPS) is 11.5. The third-order valence-corrected chi connectivity index (χ3v) is 2.48. The second-order valence-electron chi connectivity index (χ2n) is 3.64. The van der Waals surface area contributed by atoms with Crippen LogP contribution in [0.1, 0.15) is 17.9 Å². The highest BCUT2D eigenvalue weighted by atomic mass is 16.5. The zero-order valence-electron chi connectivity index (χ0n) is 9.98. The van der Waals surface area contributed by atoms with Gasteiger partial charge >= 0.3 is 5.97 Å². The second kappa shape index (κ2) is 7.48. The van der Waals surface area contributed by atoms with Crippen LogP contribution in [0.25, 0.3) is 0 Å². The van der Waals surface area contributed by atoms with Crippen molar-refractivity contribution in [3.05, 3.63) is 35.9 Å². The second-order valence-corrected chi connectivity index (χ2v) is 3.64. The number of nitrogens with one attached hydrogen (secondary N) is 1. The molecule has 0 heterocycles. The van der Waals surface area contributed by atoms with Gasteiger partial charge in [-0.3, -0.25) is 4.79 Å². The van der Waals surface area contributed by atoms with Gasteiger partial charge in [-0.05, 0) is 5.56 Å². The third-order valence-electron chi connectivity index (χ3n) is 2.48. The Balaban J connectivity index is 2.62. The van der Waals surface area contributed by atoms with Crippen molar-refractivity contribution < 1.29 is 9.53 Å². The summed E-state index contributed by atoms with van der Waals surface area (Å²) in [6, 6.07) is 9.58. The lowest BCUT2D eigenvalue weighted by atomic mass is 9.99. The van der Waals surface area contributed by atoms with Gasteiger partial charge in [-0.25, -0.2) is 0 Å². The van der Waals surface area contributed by atoms with Crippen LogP contribution in [0.5, 0.6) is 0 Å². The van der Waals surface area contributed by atoms with Crippen LogP contribution >= 0.6 is 0 Å². The SMILES string of the molecule is C#CCCNCC(C(=O)OC)c1ccccc1. The standard InChI is InChI=1S/C14H17NO2/c1-3-4-10-15-11-13(14(16)17-2)12-8-6-5-7-9-12/h1,5-9,13,15H,4,10-11H2,2H3. The number of hydrogen-bond donors (Lipinski definition) is 1. The molecule has 0 saturated heterocycles. The number of carbonyl (C=O) groups is 1. The third kappa shape index (κ3) is 4.29. The molecule has 90 valence electrons. The Morgan fingerprint density at radius 3 is 2.76 bits per heavy atom. The van der Waals surface area contributed by atoms with Crippen molar-refractivity contribution in [3.63, 3.8) is 0 Å². The number of terminal acetylenes is 1. The fourth-order valence-electron chi connectivity index (χ4n) is 1.57. The van der Waals surface area contributed by atoms with E-state index in [1.165, 1.54) is 7.11 Å². The van der Waals surface area contributed by atoms with E-state index >= 15 is 0 Å². The van der Waals surface area contributed by atoms with Crippen LogP contribution in [0.15, 0.2) is 30.3 Å². The van der Waals surface area contributed by atoms with Gasteiger partial charge in [0.05, 0.1) is 13.0 Å². The highest BCUT2D eigenvalue weighted by Crippen LogP contribution is 2.16. The van der Waals surface area contributed by atoms with Crippen molar-refractivity contribution in [2.45, 2.75) is 12.3 Å². The van der Waals surface area contributed by atoms with Gasteiger partial charge in [-0.1, -0.05) is 30.3 Å². The van der Waals surface area contributed by atoms with Crippen molar-refractivity contribution in [2.24, 2.45) is 0 Å². The van der Waals surface area contributed by atoms with Crippen molar-refractivity contribution in [1.82, 2.24) is 5.32 Å². The minimum Gasteiger partial charge on any atom is -0.469 e. The zero-order valence-corrected chi connectivity index (χ0v) is 9.98. The lowest BCUT2D eigenvalue weighted by Crippen LogP contribution is -2.28.